The van der Waals surface area contributed by atoms with Crippen LogP contribution >= 0.6 is 0 Å². The van der Waals surface area contributed by atoms with E-state index in [2.05, 4.69) is 6.92 Å². The van der Waals surface area contributed by atoms with E-state index < -0.39 is 12.0 Å². The van der Waals surface area contributed by atoms with Gasteiger partial charge in [-0.1, -0.05) is 64.7 Å². The fourth-order valence-electron chi connectivity index (χ4n) is 2.24. The maximum absolute atomic E-state index is 11.4. The minimum Gasteiger partial charge on any atom is -1.00 e. The Hall–Kier alpha value is -0.100. The van der Waals surface area contributed by atoms with E-state index in [1.807, 2.05) is 0 Å². The molecule has 0 aromatic rings. The van der Waals surface area contributed by atoms with Gasteiger partial charge in [-0.15, -0.1) is 0 Å². The van der Waals surface area contributed by atoms with Crippen LogP contribution in [0.15, 0.2) is 0 Å². The minimum absolute atomic E-state index is 0. The summed E-state index contributed by atoms with van der Waals surface area (Å²) in [5, 5.41) is 8.59. The third-order valence-electron chi connectivity index (χ3n) is 3.74. The van der Waals surface area contributed by atoms with Crippen LogP contribution in [0.5, 0.6) is 0 Å². The second kappa shape index (κ2) is 18.2. The molecule has 1 atom stereocenters. The Labute approximate surface area is 164 Å². The van der Waals surface area contributed by atoms with E-state index in [9.17, 15) is 9.59 Å². The SMILES string of the molecule is CCCCCCCCCCCCOC(=O)CC[C@H](N)C(=O)O.[H-].[Na+]. The van der Waals surface area contributed by atoms with Crippen LogP contribution in [0, 0.1) is 0 Å². The number of nitrogens with two attached hydrogens (primary N) is 1. The third-order valence-corrected chi connectivity index (χ3v) is 3.74. The first-order valence-corrected chi connectivity index (χ1v) is 8.72. The molecule has 0 aromatic carbocycles. The zero-order valence-corrected chi connectivity index (χ0v) is 17.0. The molecule has 0 radical (unpaired) electrons. The second-order valence-corrected chi connectivity index (χ2v) is 5.89. The summed E-state index contributed by atoms with van der Waals surface area (Å²) in [6, 6.07) is -0.982. The molecule has 0 aliphatic heterocycles. The molecule has 3 N–H and O–H groups in total. The van der Waals surface area contributed by atoms with Crippen LogP contribution in [0.3, 0.4) is 0 Å². The molecule has 0 fully saturated rings. The summed E-state index contributed by atoms with van der Waals surface area (Å²) in [6.07, 6.45) is 12.6. The number of carbonyl (C=O) groups is 2. The van der Waals surface area contributed by atoms with Crippen LogP contribution in [0.25, 0.3) is 0 Å². The van der Waals surface area contributed by atoms with E-state index in [1.54, 1.807) is 0 Å². The van der Waals surface area contributed by atoms with Crippen molar-refractivity contribution in [2.24, 2.45) is 5.73 Å². The van der Waals surface area contributed by atoms with Crippen molar-refractivity contribution in [1.82, 2.24) is 0 Å². The van der Waals surface area contributed by atoms with E-state index in [1.165, 1.54) is 51.4 Å². The van der Waals surface area contributed by atoms with Crippen LogP contribution in [0.2, 0.25) is 0 Å². The number of carboxylic acids is 1. The molecule has 0 heterocycles. The summed E-state index contributed by atoms with van der Waals surface area (Å²) in [6.45, 7) is 2.66. The summed E-state index contributed by atoms with van der Waals surface area (Å²) >= 11 is 0. The van der Waals surface area contributed by atoms with Crippen LogP contribution < -0.4 is 35.3 Å². The number of unbranched alkanes of at least 4 members (excludes halogenated alkanes) is 9. The number of carboxylic acid groups (broad SMARTS) is 1. The fourth-order valence-corrected chi connectivity index (χ4v) is 2.24. The largest absolute Gasteiger partial charge is 1.00 e. The average Bonchev–Trinajstić information content (AvgIpc) is 2.50. The molecular weight excluding hydrogens is 305 g/mol. The predicted octanol–water partition coefficient (Wildman–Crippen LogP) is 0.759. The van der Waals surface area contributed by atoms with Crippen molar-refractivity contribution in [3.05, 3.63) is 0 Å². The first-order valence-electron chi connectivity index (χ1n) is 8.72. The van der Waals surface area contributed by atoms with Crippen molar-refractivity contribution < 1.29 is 50.4 Å². The molecule has 0 aliphatic rings. The van der Waals surface area contributed by atoms with Crippen LogP contribution in [-0.4, -0.2) is 29.7 Å². The van der Waals surface area contributed by atoms with Crippen LogP contribution in [-0.2, 0) is 14.3 Å². The summed E-state index contributed by atoms with van der Waals surface area (Å²) in [4.78, 5) is 21.9. The van der Waals surface area contributed by atoms with Crippen molar-refractivity contribution in [3.63, 3.8) is 0 Å². The third kappa shape index (κ3) is 18.1. The molecule has 0 aliphatic carbocycles. The Morgan fingerprint density at radius 2 is 1.48 bits per heavy atom. The van der Waals surface area contributed by atoms with Gasteiger partial charge in [0.2, 0.25) is 0 Å². The van der Waals surface area contributed by atoms with Crippen molar-refractivity contribution in [2.75, 3.05) is 6.61 Å². The molecule has 0 spiro atoms. The van der Waals surface area contributed by atoms with E-state index >= 15 is 0 Å². The van der Waals surface area contributed by atoms with Gasteiger partial charge in [0.25, 0.3) is 0 Å². The van der Waals surface area contributed by atoms with E-state index in [4.69, 9.17) is 15.6 Å². The first-order chi connectivity index (χ1) is 10.6. The van der Waals surface area contributed by atoms with Crippen LogP contribution in [0.4, 0.5) is 0 Å². The van der Waals surface area contributed by atoms with E-state index in [0.29, 0.717) is 6.61 Å². The monoisotopic (exact) mass is 339 g/mol. The van der Waals surface area contributed by atoms with Gasteiger partial charge in [0.1, 0.15) is 6.04 Å². The quantitative estimate of drug-likeness (QED) is 0.261. The maximum Gasteiger partial charge on any atom is 1.00 e. The van der Waals surface area contributed by atoms with Gasteiger partial charge >= 0.3 is 41.5 Å². The number of ether oxygens (including phenoxy) is 1. The number of hydrogen-bond donors (Lipinski definition) is 2. The smallest absolute Gasteiger partial charge is 1.00 e. The molecule has 132 valence electrons. The molecule has 0 saturated carbocycles. The molecule has 0 unspecified atom stereocenters. The van der Waals surface area contributed by atoms with E-state index in [0.717, 1.165) is 12.8 Å². The first kappa shape index (κ1) is 25.1. The predicted molar refractivity (Wildman–Crippen MR) is 88.8 cm³/mol. The average molecular weight is 339 g/mol. The van der Waals surface area contributed by atoms with Gasteiger partial charge in [0.05, 0.1) is 6.61 Å². The molecule has 0 saturated heterocycles. The van der Waals surface area contributed by atoms with Gasteiger partial charge in [-0.3, -0.25) is 9.59 Å². The zero-order valence-electron chi connectivity index (χ0n) is 16.0. The zero-order chi connectivity index (χ0) is 16.6. The Balaban J connectivity index is -0.00000220. The van der Waals surface area contributed by atoms with Gasteiger partial charge < -0.3 is 17.0 Å². The summed E-state index contributed by atoms with van der Waals surface area (Å²) < 4.78 is 5.06. The molecule has 0 amide bonds. The van der Waals surface area contributed by atoms with Gasteiger partial charge in [-0.05, 0) is 12.8 Å². The molecule has 0 aromatic heterocycles. The summed E-state index contributed by atoms with van der Waals surface area (Å²) in [7, 11) is 0. The number of esters is 1. The molecule has 5 nitrogen and oxygen atoms in total. The van der Waals surface area contributed by atoms with Crippen molar-refractivity contribution in [1.29, 1.82) is 0 Å². The minimum atomic E-state index is -1.08. The van der Waals surface area contributed by atoms with Gasteiger partial charge in [0.15, 0.2) is 0 Å². The second-order valence-electron chi connectivity index (χ2n) is 5.89. The number of rotatable bonds is 15. The van der Waals surface area contributed by atoms with Crippen molar-refractivity contribution >= 4 is 11.9 Å². The van der Waals surface area contributed by atoms with E-state index in [-0.39, 0.29) is 49.8 Å². The molecule has 0 rings (SSSR count). The summed E-state index contributed by atoms with van der Waals surface area (Å²) in [5.74, 6) is -1.44. The molecular formula is C17H34NNaO4. The Morgan fingerprint density at radius 3 is 1.96 bits per heavy atom. The van der Waals surface area contributed by atoms with Crippen molar-refractivity contribution in [2.45, 2.75) is 90.0 Å². The number of carbonyl (C=O) groups excluding carboxylic acids is 1. The van der Waals surface area contributed by atoms with Gasteiger partial charge in [0, 0.05) is 6.42 Å². The van der Waals surface area contributed by atoms with Gasteiger partial charge in [-0.25, -0.2) is 0 Å². The Bertz CT molecular complexity index is 306. The molecule has 6 heteroatoms. The van der Waals surface area contributed by atoms with Gasteiger partial charge in [-0.2, -0.15) is 0 Å². The topological polar surface area (TPSA) is 89.6 Å². The van der Waals surface area contributed by atoms with Crippen molar-refractivity contribution in [3.8, 4) is 0 Å². The standard InChI is InChI=1S/C17H33NO4.Na.H/c1-2-3-4-5-6-7-8-9-10-11-14-22-16(19)13-12-15(18)17(20)21;;/h15H,2-14,18H2,1H3,(H,20,21);;/q;+1;-1/t15-;;/m0../s1. The van der Waals surface area contributed by atoms with Crippen LogP contribution in [0.1, 0.15) is 85.4 Å². The summed E-state index contributed by atoms with van der Waals surface area (Å²) in [5.41, 5.74) is 5.32. The number of hydrogen-bond acceptors (Lipinski definition) is 4. The molecule has 0 bridgehead atoms. The normalized spacial score (nSPS) is 11.6. The maximum atomic E-state index is 11.4. The Morgan fingerprint density at radius 1 is 1.00 bits per heavy atom. The number of aliphatic carboxylic acids is 1. The molecule has 23 heavy (non-hydrogen) atoms. The fraction of sp³-hybridized carbons (Fsp3) is 0.882. The Kier molecular flexibility index (Phi) is 19.9.